The Morgan fingerprint density at radius 2 is 0.808 bits per heavy atom. The molecule has 158 valence electrons. The smallest absolute Gasteiger partial charge is 0.101 e. The van der Waals surface area contributed by atoms with Gasteiger partial charge in [-0.1, -0.05) is 104 Å². The van der Waals surface area contributed by atoms with Crippen molar-refractivity contribution >= 4 is 0 Å². The average Bonchev–Trinajstić information content (AvgIpc) is 2.64. The van der Waals surface area contributed by atoms with Crippen LogP contribution < -0.4 is 0 Å². The Labute approximate surface area is 164 Å². The van der Waals surface area contributed by atoms with E-state index < -0.39 is 6.10 Å². The van der Waals surface area contributed by atoms with Gasteiger partial charge < -0.3 is 14.6 Å². The predicted octanol–water partition coefficient (Wildman–Crippen LogP) is 6.66. The molecule has 0 saturated carbocycles. The van der Waals surface area contributed by atoms with Crippen LogP contribution in [0.15, 0.2) is 0 Å². The molecule has 0 radical (unpaired) electrons. The molecule has 1 N–H and O–H groups in total. The standard InChI is InChI=1S/C23H48O3/c1-3-5-7-9-11-13-15-17-19-25-21-23(24)22-26-20-18-16-14-12-10-8-6-4-2/h23-24H,3-22H2,1-2H3. The van der Waals surface area contributed by atoms with E-state index in [0.717, 1.165) is 26.1 Å². The molecule has 0 unspecified atom stereocenters. The van der Waals surface area contributed by atoms with Gasteiger partial charge in [-0.15, -0.1) is 0 Å². The number of aliphatic hydroxyl groups excluding tert-OH is 1. The molecule has 0 aliphatic carbocycles. The Balaban J connectivity index is 3.12. The lowest BCUT2D eigenvalue weighted by Gasteiger charge is -2.12. The fourth-order valence-corrected chi connectivity index (χ4v) is 3.16. The fraction of sp³-hybridized carbons (Fsp3) is 1.00. The lowest BCUT2D eigenvalue weighted by molar-refractivity contribution is -0.0201. The Morgan fingerprint density at radius 1 is 0.500 bits per heavy atom. The first kappa shape index (κ1) is 25.9. The van der Waals surface area contributed by atoms with Gasteiger partial charge in [-0.3, -0.25) is 0 Å². The summed E-state index contributed by atoms with van der Waals surface area (Å²) in [6.45, 7) is 6.87. The summed E-state index contributed by atoms with van der Waals surface area (Å²) < 4.78 is 11.1. The van der Waals surface area contributed by atoms with Crippen LogP contribution in [0.5, 0.6) is 0 Å². The van der Waals surface area contributed by atoms with Crippen molar-refractivity contribution in [3.05, 3.63) is 0 Å². The first-order valence-electron chi connectivity index (χ1n) is 11.6. The third kappa shape index (κ3) is 21.9. The Bertz CT molecular complexity index is 222. The fourth-order valence-electron chi connectivity index (χ4n) is 3.16. The molecule has 0 fully saturated rings. The summed E-state index contributed by atoms with van der Waals surface area (Å²) in [4.78, 5) is 0. The second-order valence-electron chi connectivity index (χ2n) is 7.75. The number of unbranched alkanes of at least 4 members (excludes halogenated alkanes) is 14. The summed E-state index contributed by atoms with van der Waals surface area (Å²) in [5.74, 6) is 0. The van der Waals surface area contributed by atoms with Crippen LogP contribution in [0.25, 0.3) is 0 Å². The van der Waals surface area contributed by atoms with Gasteiger partial charge in [0.2, 0.25) is 0 Å². The number of rotatable bonds is 22. The second kappa shape index (κ2) is 22.9. The van der Waals surface area contributed by atoms with E-state index >= 15 is 0 Å². The Morgan fingerprint density at radius 3 is 1.15 bits per heavy atom. The summed E-state index contributed by atoms with van der Waals surface area (Å²) in [5, 5.41) is 9.85. The van der Waals surface area contributed by atoms with Crippen LogP contribution in [0.1, 0.15) is 117 Å². The average molecular weight is 373 g/mol. The van der Waals surface area contributed by atoms with Gasteiger partial charge in [0.1, 0.15) is 6.10 Å². The van der Waals surface area contributed by atoms with Gasteiger partial charge in [0.15, 0.2) is 0 Å². The molecule has 0 heterocycles. The summed E-state index contributed by atoms with van der Waals surface area (Å²) in [7, 11) is 0. The van der Waals surface area contributed by atoms with Gasteiger partial charge in [-0.2, -0.15) is 0 Å². The highest BCUT2D eigenvalue weighted by Crippen LogP contribution is 2.09. The summed E-state index contributed by atoms with van der Waals surface area (Å²) in [6, 6.07) is 0. The van der Waals surface area contributed by atoms with Crippen LogP contribution in [-0.2, 0) is 9.47 Å². The molecule has 0 bridgehead atoms. The van der Waals surface area contributed by atoms with E-state index in [0.29, 0.717) is 13.2 Å². The number of aliphatic hydroxyl groups is 1. The molecule has 3 nitrogen and oxygen atoms in total. The maximum atomic E-state index is 9.85. The maximum absolute atomic E-state index is 9.85. The molecule has 0 aromatic heterocycles. The summed E-state index contributed by atoms with van der Waals surface area (Å²) in [5.41, 5.74) is 0. The Hall–Kier alpha value is -0.120. The van der Waals surface area contributed by atoms with Gasteiger partial charge in [-0.05, 0) is 12.8 Å². The minimum Gasteiger partial charge on any atom is -0.388 e. The van der Waals surface area contributed by atoms with Gasteiger partial charge >= 0.3 is 0 Å². The number of hydrogen-bond donors (Lipinski definition) is 1. The van der Waals surface area contributed by atoms with Crippen molar-refractivity contribution in [2.75, 3.05) is 26.4 Å². The largest absolute Gasteiger partial charge is 0.388 e. The van der Waals surface area contributed by atoms with E-state index in [4.69, 9.17) is 9.47 Å². The molecule has 0 aromatic rings. The molecule has 3 heteroatoms. The van der Waals surface area contributed by atoms with E-state index in [9.17, 15) is 5.11 Å². The van der Waals surface area contributed by atoms with Crippen molar-refractivity contribution in [3.8, 4) is 0 Å². The van der Waals surface area contributed by atoms with E-state index in [1.165, 1.54) is 89.9 Å². The monoisotopic (exact) mass is 372 g/mol. The SMILES string of the molecule is CCCCCCCCCCOCC(O)COCCCCCCCCCC. The lowest BCUT2D eigenvalue weighted by atomic mass is 10.1. The molecular weight excluding hydrogens is 324 g/mol. The van der Waals surface area contributed by atoms with Crippen molar-refractivity contribution in [2.24, 2.45) is 0 Å². The van der Waals surface area contributed by atoms with Gasteiger partial charge in [0.05, 0.1) is 13.2 Å². The number of hydrogen-bond acceptors (Lipinski definition) is 3. The molecule has 0 saturated heterocycles. The van der Waals surface area contributed by atoms with Gasteiger partial charge in [0, 0.05) is 13.2 Å². The second-order valence-corrected chi connectivity index (χ2v) is 7.75. The van der Waals surface area contributed by atoms with Crippen molar-refractivity contribution in [2.45, 2.75) is 123 Å². The molecule has 0 aromatic carbocycles. The van der Waals surface area contributed by atoms with Crippen LogP contribution in [0.4, 0.5) is 0 Å². The molecule has 0 aliphatic rings. The highest BCUT2D eigenvalue weighted by atomic mass is 16.5. The van der Waals surface area contributed by atoms with Gasteiger partial charge in [-0.25, -0.2) is 0 Å². The van der Waals surface area contributed by atoms with Crippen molar-refractivity contribution in [1.29, 1.82) is 0 Å². The Kier molecular flexibility index (Phi) is 22.8. The van der Waals surface area contributed by atoms with Crippen LogP contribution in [0.2, 0.25) is 0 Å². The van der Waals surface area contributed by atoms with E-state index in [1.807, 2.05) is 0 Å². The quantitative estimate of drug-likeness (QED) is 0.216. The zero-order chi connectivity index (χ0) is 19.1. The highest BCUT2D eigenvalue weighted by Gasteiger charge is 2.04. The highest BCUT2D eigenvalue weighted by molar-refractivity contribution is 4.53. The lowest BCUT2D eigenvalue weighted by Crippen LogP contribution is -2.22. The van der Waals surface area contributed by atoms with E-state index in [1.54, 1.807) is 0 Å². The van der Waals surface area contributed by atoms with Crippen molar-refractivity contribution in [1.82, 2.24) is 0 Å². The normalized spacial score (nSPS) is 11.5. The third-order valence-corrected chi connectivity index (χ3v) is 4.90. The van der Waals surface area contributed by atoms with Gasteiger partial charge in [0.25, 0.3) is 0 Å². The van der Waals surface area contributed by atoms with Crippen molar-refractivity contribution < 1.29 is 14.6 Å². The first-order chi connectivity index (χ1) is 12.8. The zero-order valence-electron chi connectivity index (χ0n) is 18.0. The van der Waals surface area contributed by atoms with E-state index in [2.05, 4.69) is 13.8 Å². The zero-order valence-corrected chi connectivity index (χ0v) is 18.0. The molecule has 0 spiro atoms. The van der Waals surface area contributed by atoms with Crippen LogP contribution in [0.3, 0.4) is 0 Å². The minimum absolute atomic E-state index is 0.411. The summed E-state index contributed by atoms with van der Waals surface area (Å²) >= 11 is 0. The number of ether oxygens (including phenoxy) is 2. The van der Waals surface area contributed by atoms with Crippen molar-refractivity contribution in [3.63, 3.8) is 0 Å². The van der Waals surface area contributed by atoms with Crippen LogP contribution >= 0.6 is 0 Å². The molecule has 26 heavy (non-hydrogen) atoms. The van der Waals surface area contributed by atoms with Crippen LogP contribution in [-0.4, -0.2) is 37.6 Å². The molecule has 0 amide bonds. The molecule has 0 aliphatic heterocycles. The molecule has 0 rings (SSSR count). The predicted molar refractivity (Wildman–Crippen MR) is 113 cm³/mol. The molecular formula is C23H48O3. The van der Waals surface area contributed by atoms with Crippen LogP contribution in [0, 0.1) is 0 Å². The minimum atomic E-state index is -0.474. The topological polar surface area (TPSA) is 38.7 Å². The third-order valence-electron chi connectivity index (χ3n) is 4.90. The van der Waals surface area contributed by atoms with E-state index in [-0.39, 0.29) is 0 Å². The maximum Gasteiger partial charge on any atom is 0.101 e. The summed E-state index contributed by atoms with van der Waals surface area (Å²) in [6.07, 6.45) is 20.5. The first-order valence-corrected chi connectivity index (χ1v) is 11.6. The molecule has 0 atom stereocenters.